The molecule has 0 aliphatic carbocycles. The molecule has 14 heavy (non-hydrogen) atoms. The second-order valence-electron chi connectivity index (χ2n) is 4.38. The van der Waals surface area contributed by atoms with E-state index in [1.54, 1.807) is 0 Å². The van der Waals surface area contributed by atoms with Gasteiger partial charge in [0.15, 0.2) is 0 Å². The van der Waals surface area contributed by atoms with Gasteiger partial charge in [0.05, 0.1) is 5.54 Å². The van der Waals surface area contributed by atoms with Gasteiger partial charge in [0.2, 0.25) is 0 Å². The van der Waals surface area contributed by atoms with E-state index in [1.807, 2.05) is 6.92 Å². The molecule has 2 aliphatic rings. The average Bonchev–Trinajstić information content (AvgIpc) is 2.52. The van der Waals surface area contributed by atoms with Crippen molar-refractivity contribution >= 4 is 10.2 Å². The van der Waals surface area contributed by atoms with Crippen molar-refractivity contribution in [2.24, 2.45) is 0 Å². The number of hydrogen-bond donors (Lipinski definition) is 2. The average molecular weight is 219 g/mol. The first kappa shape index (κ1) is 10.4. The minimum Gasteiger partial charge on any atom is -0.313 e. The summed E-state index contributed by atoms with van der Waals surface area (Å²) in [7, 11) is -3.24. The van der Waals surface area contributed by atoms with E-state index in [2.05, 4.69) is 10.0 Å². The molecule has 0 unspecified atom stereocenters. The van der Waals surface area contributed by atoms with Gasteiger partial charge in [-0.1, -0.05) is 0 Å². The fourth-order valence-electron chi connectivity index (χ4n) is 1.88. The van der Waals surface area contributed by atoms with E-state index in [0.717, 1.165) is 25.9 Å². The lowest BCUT2D eigenvalue weighted by molar-refractivity contribution is 0.272. The zero-order chi connectivity index (χ0) is 10.2. The second kappa shape index (κ2) is 3.44. The fraction of sp³-hybridized carbons (Fsp3) is 1.00. The minimum absolute atomic E-state index is 0.276. The molecule has 82 valence electrons. The molecule has 2 fully saturated rings. The molecule has 0 atom stereocenters. The Balaban J connectivity index is 2.01. The van der Waals surface area contributed by atoms with Crippen LogP contribution in [0, 0.1) is 0 Å². The van der Waals surface area contributed by atoms with Crippen LogP contribution in [0.4, 0.5) is 0 Å². The van der Waals surface area contributed by atoms with E-state index in [-0.39, 0.29) is 5.54 Å². The van der Waals surface area contributed by atoms with Crippen LogP contribution < -0.4 is 10.0 Å². The molecule has 2 N–H and O–H groups in total. The van der Waals surface area contributed by atoms with Crippen molar-refractivity contribution in [3.05, 3.63) is 0 Å². The maximum absolute atomic E-state index is 11.8. The summed E-state index contributed by atoms with van der Waals surface area (Å²) < 4.78 is 27.9. The normalized spacial score (nSPS) is 27.5. The summed E-state index contributed by atoms with van der Waals surface area (Å²) in [5, 5.41) is 3.07. The van der Waals surface area contributed by atoms with Crippen molar-refractivity contribution < 1.29 is 8.42 Å². The van der Waals surface area contributed by atoms with Crippen molar-refractivity contribution in [1.82, 2.24) is 14.3 Å². The molecule has 6 heteroatoms. The van der Waals surface area contributed by atoms with Gasteiger partial charge in [0.25, 0.3) is 10.2 Å². The molecule has 0 radical (unpaired) electrons. The van der Waals surface area contributed by atoms with Crippen LogP contribution in [0.1, 0.15) is 19.8 Å². The summed E-state index contributed by atoms with van der Waals surface area (Å²) >= 11 is 0. The first-order valence-corrected chi connectivity index (χ1v) is 6.46. The Morgan fingerprint density at radius 3 is 2.29 bits per heavy atom. The molecular formula is C8H17N3O2S. The molecule has 5 nitrogen and oxygen atoms in total. The first-order valence-electron chi connectivity index (χ1n) is 5.02. The molecular weight excluding hydrogens is 202 g/mol. The van der Waals surface area contributed by atoms with Crippen LogP contribution in [-0.2, 0) is 10.2 Å². The van der Waals surface area contributed by atoms with Crippen LogP contribution in [0.3, 0.4) is 0 Å². The zero-order valence-corrected chi connectivity index (χ0v) is 9.23. The zero-order valence-electron chi connectivity index (χ0n) is 8.41. The lowest BCUT2D eigenvalue weighted by atomic mass is 9.97. The number of rotatable bonds is 3. The topological polar surface area (TPSA) is 61.4 Å². The van der Waals surface area contributed by atoms with Crippen molar-refractivity contribution in [1.29, 1.82) is 0 Å². The van der Waals surface area contributed by atoms with Crippen molar-refractivity contribution in [3.63, 3.8) is 0 Å². The van der Waals surface area contributed by atoms with Crippen LogP contribution in [0.5, 0.6) is 0 Å². The Hall–Kier alpha value is -0.170. The number of nitrogens with zero attached hydrogens (tertiary/aromatic N) is 1. The van der Waals surface area contributed by atoms with Crippen LogP contribution in [0.15, 0.2) is 0 Å². The summed E-state index contributed by atoms with van der Waals surface area (Å²) in [5.41, 5.74) is -0.276. The molecule has 2 aliphatic heterocycles. The molecule has 2 rings (SSSR count). The molecule has 2 heterocycles. The monoisotopic (exact) mass is 219 g/mol. The Kier molecular flexibility index (Phi) is 2.55. The lowest BCUT2D eigenvalue weighted by Crippen LogP contribution is -2.68. The largest absolute Gasteiger partial charge is 0.313 e. The third kappa shape index (κ3) is 1.93. The molecule has 0 amide bonds. The molecule has 0 bridgehead atoms. The van der Waals surface area contributed by atoms with Crippen LogP contribution >= 0.6 is 0 Å². The molecule has 0 aromatic carbocycles. The van der Waals surface area contributed by atoms with Crippen molar-refractivity contribution in [2.75, 3.05) is 26.2 Å². The molecule has 0 aromatic rings. The lowest BCUT2D eigenvalue weighted by Gasteiger charge is -2.40. The van der Waals surface area contributed by atoms with Crippen molar-refractivity contribution in [3.8, 4) is 0 Å². The third-order valence-electron chi connectivity index (χ3n) is 2.81. The molecule has 0 aromatic heterocycles. The Morgan fingerprint density at radius 1 is 1.29 bits per heavy atom. The van der Waals surface area contributed by atoms with E-state index in [4.69, 9.17) is 0 Å². The fourth-order valence-corrected chi connectivity index (χ4v) is 3.51. The standard InChI is InChI=1S/C8H17N3O2S/c1-8(6-9-7-8)10-14(12,13)11-4-2-3-5-11/h9-10H,2-7H2,1H3. The van der Waals surface area contributed by atoms with E-state index in [0.29, 0.717) is 13.1 Å². The quantitative estimate of drug-likeness (QED) is 0.658. The Labute approximate surface area is 85.0 Å². The number of hydrogen-bond acceptors (Lipinski definition) is 3. The Bertz CT molecular complexity index is 305. The first-order chi connectivity index (χ1) is 6.52. The maximum atomic E-state index is 11.8. The van der Waals surface area contributed by atoms with Gasteiger partial charge in [0.1, 0.15) is 0 Å². The molecule has 2 saturated heterocycles. The summed E-state index contributed by atoms with van der Waals surface area (Å²) in [4.78, 5) is 0. The predicted molar refractivity (Wildman–Crippen MR) is 54.1 cm³/mol. The summed E-state index contributed by atoms with van der Waals surface area (Å²) in [6.07, 6.45) is 1.96. The second-order valence-corrected chi connectivity index (χ2v) is 6.05. The predicted octanol–water partition coefficient (Wildman–Crippen LogP) is -0.721. The highest BCUT2D eigenvalue weighted by atomic mass is 32.2. The van der Waals surface area contributed by atoms with Gasteiger partial charge < -0.3 is 5.32 Å². The van der Waals surface area contributed by atoms with Gasteiger partial charge in [0, 0.05) is 26.2 Å². The van der Waals surface area contributed by atoms with Crippen LogP contribution in [-0.4, -0.2) is 44.4 Å². The highest BCUT2D eigenvalue weighted by molar-refractivity contribution is 7.87. The van der Waals surface area contributed by atoms with Crippen LogP contribution in [0.2, 0.25) is 0 Å². The Morgan fingerprint density at radius 2 is 1.86 bits per heavy atom. The van der Waals surface area contributed by atoms with E-state index in [9.17, 15) is 8.42 Å². The molecule has 0 spiro atoms. The highest BCUT2D eigenvalue weighted by Crippen LogP contribution is 2.16. The van der Waals surface area contributed by atoms with E-state index >= 15 is 0 Å². The number of nitrogens with one attached hydrogen (secondary N) is 2. The van der Waals surface area contributed by atoms with E-state index < -0.39 is 10.2 Å². The smallest absolute Gasteiger partial charge is 0.280 e. The highest BCUT2D eigenvalue weighted by Gasteiger charge is 2.38. The van der Waals surface area contributed by atoms with Gasteiger partial charge >= 0.3 is 0 Å². The maximum Gasteiger partial charge on any atom is 0.280 e. The van der Waals surface area contributed by atoms with Gasteiger partial charge in [-0.15, -0.1) is 0 Å². The van der Waals surface area contributed by atoms with Gasteiger partial charge in [-0.3, -0.25) is 0 Å². The summed E-state index contributed by atoms with van der Waals surface area (Å²) in [6, 6.07) is 0. The third-order valence-corrected chi connectivity index (χ3v) is 4.61. The summed E-state index contributed by atoms with van der Waals surface area (Å²) in [6.45, 7) is 4.70. The van der Waals surface area contributed by atoms with Crippen molar-refractivity contribution in [2.45, 2.75) is 25.3 Å². The minimum atomic E-state index is -3.24. The summed E-state index contributed by atoms with van der Waals surface area (Å²) in [5.74, 6) is 0. The van der Waals surface area contributed by atoms with E-state index in [1.165, 1.54) is 4.31 Å². The van der Waals surface area contributed by atoms with Gasteiger partial charge in [-0.2, -0.15) is 17.4 Å². The SMILES string of the molecule is CC1(NS(=O)(=O)N2CCCC2)CNC1. The molecule has 0 saturated carbocycles. The van der Waals surface area contributed by atoms with Gasteiger partial charge in [-0.05, 0) is 19.8 Å². The van der Waals surface area contributed by atoms with Gasteiger partial charge in [-0.25, -0.2) is 0 Å². The van der Waals surface area contributed by atoms with Crippen LogP contribution in [0.25, 0.3) is 0 Å².